The van der Waals surface area contributed by atoms with Crippen LogP contribution in [0.25, 0.3) is 64.6 Å². The molecule has 0 atom stereocenters. The van der Waals surface area contributed by atoms with Crippen LogP contribution in [0.5, 0.6) is 69.0 Å². The van der Waals surface area contributed by atoms with Gasteiger partial charge in [0, 0.05) is 0 Å². The minimum atomic E-state index is 0.595. The molecule has 0 unspecified atom stereocenters. The molecule has 0 saturated heterocycles. The SMILES string of the molecule is CCCCCCOc1cc2c3cc(OCCCCCC)c(OCCCCCC)cc3c3cc(OCCCCCCCCCOc4cc5c6cc(OCCCCCC)c(OCCCCCC)cc6c6cc(OCCCCCC)c(OCCCCCC)cc6c5cc4OCCCCCC)c(OCCCCCC)cc3c2cc1OCCCCCC. The first kappa shape index (κ1) is 95.4. The van der Waals surface area contributed by atoms with Gasteiger partial charge in [-0.2, -0.15) is 0 Å². The molecular weight excluding hydrogens is 1450 g/mol. The van der Waals surface area contributed by atoms with Crippen LogP contribution in [0.15, 0.2) is 72.8 Å². The van der Waals surface area contributed by atoms with Crippen LogP contribution in [-0.4, -0.2) is 79.3 Å². The van der Waals surface area contributed by atoms with E-state index in [2.05, 4.69) is 142 Å². The van der Waals surface area contributed by atoms with Crippen LogP contribution in [0, 0.1) is 0 Å². The number of benzene rings is 8. The molecule has 8 aromatic rings. The summed E-state index contributed by atoms with van der Waals surface area (Å²) in [5, 5.41) is 13.2. The van der Waals surface area contributed by atoms with Crippen molar-refractivity contribution in [3.8, 4) is 69.0 Å². The third-order valence-electron chi connectivity index (χ3n) is 23.1. The van der Waals surface area contributed by atoms with Crippen molar-refractivity contribution in [1.82, 2.24) is 0 Å². The van der Waals surface area contributed by atoms with Gasteiger partial charge in [-0.05, 0) is 214 Å². The van der Waals surface area contributed by atoms with E-state index in [-0.39, 0.29) is 0 Å². The zero-order valence-corrected chi connectivity index (χ0v) is 75.5. The summed E-state index contributed by atoms with van der Waals surface area (Å²) in [6, 6.07) is 27.1. The van der Waals surface area contributed by atoms with Crippen molar-refractivity contribution in [1.29, 1.82) is 0 Å². The molecule has 652 valence electrons. The molecule has 8 rings (SSSR count). The molecule has 0 N–H and O–H groups in total. The highest BCUT2D eigenvalue weighted by Crippen LogP contribution is 2.50. The maximum absolute atomic E-state index is 7.00. The number of unbranched alkanes of at least 4 members (excludes halogenated alkanes) is 36. The second-order valence-corrected chi connectivity index (χ2v) is 33.3. The first-order valence-corrected chi connectivity index (χ1v) is 48.4. The normalized spacial score (nSPS) is 11.6. The molecule has 0 saturated carbocycles. The standard InChI is InChI=1S/C105H160O12/c1-11-21-31-46-58-106-94-70-82-84-72-96(108-60-48-33-23-13-3)100(112-64-52-37-27-17-7)76-88(84)92-80-104(102(114-66-54-39-29-19-9)78-90(92)86(82)74-98(94)110-62-50-35-25-15-5)116-68-56-44-42-41-43-45-57-69-117-105-81-93-89-77-101(113-65-53-38-28-18-8)97(109-61-49-34-24-14-4)73-85(89)83-71-95(107-59-47-32-22-12-2)99(111-63-51-36-26-16-6)75-87(83)91(93)79-103(105)115-67-55-40-30-20-10/h70-81H,11-69H2,1-10H3. The quantitative estimate of drug-likeness (QED) is 0.0267. The van der Waals surface area contributed by atoms with Gasteiger partial charge in [-0.1, -0.05) is 294 Å². The third-order valence-corrected chi connectivity index (χ3v) is 23.1. The Morgan fingerprint density at radius 3 is 0.274 bits per heavy atom. The van der Waals surface area contributed by atoms with Gasteiger partial charge in [0.25, 0.3) is 0 Å². The highest BCUT2D eigenvalue weighted by atomic mass is 16.5. The Balaban J connectivity index is 1.06. The van der Waals surface area contributed by atoms with Crippen molar-refractivity contribution in [2.45, 2.75) is 371 Å². The number of hydrogen-bond donors (Lipinski definition) is 0. The van der Waals surface area contributed by atoms with Crippen LogP contribution in [0.2, 0.25) is 0 Å². The number of rotatable bonds is 72. The van der Waals surface area contributed by atoms with Gasteiger partial charge in [-0.15, -0.1) is 0 Å². The highest BCUT2D eigenvalue weighted by molar-refractivity contribution is 6.28. The molecule has 0 fully saturated rings. The van der Waals surface area contributed by atoms with E-state index < -0.39 is 0 Å². The van der Waals surface area contributed by atoms with Crippen LogP contribution >= 0.6 is 0 Å². The Hall–Kier alpha value is -7.08. The monoisotopic (exact) mass is 1610 g/mol. The second-order valence-electron chi connectivity index (χ2n) is 33.3. The zero-order chi connectivity index (χ0) is 82.5. The summed E-state index contributed by atoms with van der Waals surface area (Å²) in [5.41, 5.74) is 0. The fourth-order valence-corrected chi connectivity index (χ4v) is 15.9. The summed E-state index contributed by atoms with van der Waals surface area (Å²) in [5.74, 6) is 9.52. The van der Waals surface area contributed by atoms with Crippen LogP contribution in [0.1, 0.15) is 371 Å². The summed E-state index contributed by atoms with van der Waals surface area (Å²) in [7, 11) is 0. The maximum atomic E-state index is 7.00. The zero-order valence-electron chi connectivity index (χ0n) is 75.5. The Kier molecular flexibility index (Phi) is 47.3. The molecular formula is C105H160O12. The Bertz CT molecular complexity index is 3670. The molecule has 0 spiro atoms. The fourth-order valence-electron chi connectivity index (χ4n) is 15.9. The van der Waals surface area contributed by atoms with E-state index in [1.165, 1.54) is 128 Å². The summed E-state index contributed by atoms with van der Waals surface area (Å²) in [6.45, 7) is 30.2. The van der Waals surface area contributed by atoms with Gasteiger partial charge in [-0.25, -0.2) is 0 Å². The molecule has 0 aromatic heterocycles. The van der Waals surface area contributed by atoms with Crippen molar-refractivity contribution < 1.29 is 56.8 Å². The molecule has 117 heavy (non-hydrogen) atoms. The fraction of sp³-hybridized carbons (Fsp3) is 0.657. The van der Waals surface area contributed by atoms with E-state index in [1.54, 1.807) is 0 Å². The molecule has 12 nitrogen and oxygen atoms in total. The predicted octanol–water partition coefficient (Wildman–Crippen LogP) is 32.4. The van der Waals surface area contributed by atoms with Crippen molar-refractivity contribution in [2.24, 2.45) is 0 Å². The Morgan fingerprint density at radius 1 is 0.111 bits per heavy atom. The van der Waals surface area contributed by atoms with E-state index in [9.17, 15) is 0 Å². The van der Waals surface area contributed by atoms with E-state index >= 15 is 0 Å². The van der Waals surface area contributed by atoms with Crippen LogP contribution in [0.3, 0.4) is 0 Å². The second kappa shape index (κ2) is 58.0. The third kappa shape index (κ3) is 32.1. The first-order valence-electron chi connectivity index (χ1n) is 48.4. The molecule has 0 aliphatic heterocycles. The van der Waals surface area contributed by atoms with Crippen LogP contribution in [0.4, 0.5) is 0 Å². The molecule has 0 heterocycles. The molecule has 8 aromatic carbocycles. The van der Waals surface area contributed by atoms with Gasteiger partial charge >= 0.3 is 0 Å². The summed E-state index contributed by atoms with van der Waals surface area (Å²) < 4.78 is 82.1. The topological polar surface area (TPSA) is 111 Å². The Labute approximate surface area is 709 Å². The highest BCUT2D eigenvalue weighted by Gasteiger charge is 2.24. The molecule has 12 heteroatoms. The summed E-state index contributed by atoms with van der Waals surface area (Å²) in [6.07, 6.45) is 52.5. The minimum Gasteiger partial charge on any atom is -0.490 e. The molecule has 0 aliphatic rings. The van der Waals surface area contributed by atoms with E-state index in [0.717, 1.165) is 307 Å². The predicted molar refractivity (Wildman–Crippen MR) is 498 cm³/mol. The summed E-state index contributed by atoms with van der Waals surface area (Å²) in [4.78, 5) is 0. The van der Waals surface area contributed by atoms with Crippen LogP contribution < -0.4 is 56.8 Å². The molecule has 0 amide bonds. The lowest BCUT2D eigenvalue weighted by Crippen LogP contribution is -2.05. The van der Waals surface area contributed by atoms with E-state index in [0.29, 0.717) is 79.3 Å². The molecule has 0 bridgehead atoms. The minimum absolute atomic E-state index is 0.595. The lowest BCUT2D eigenvalue weighted by Gasteiger charge is -2.21. The van der Waals surface area contributed by atoms with Gasteiger partial charge in [0.15, 0.2) is 69.0 Å². The van der Waals surface area contributed by atoms with Crippen LogP contribution in [-0.2, 0) is 0 Å². The van der Waals surface area contributed by atoms with Crippen molar-refractivity contribution >= 4 is 64.6 Å². The van der Waals surface area contributed by atoms with E-state index in [1.807, 2.05) is 0 Å². The van der Waals surface area contributed by atoms with Crippen molar-refractivity contribution in [3.63, 3.8) is 0 Å². The largest absolute Gasteiger partial charge is 0.490 e. The first-order chi connectivity index (χ1) is 57.8. The average molecular weight is 1610 g/mol. The van der Waals surface area contributed by atoms with E-state index in [4.69, 9.17) is 56.8 Å². The maximum Gasteiger partial charge on any atom is 0.161 e. The number of fused-ring (bicyclic) bond motifs is 12. The average Bonchev–Trinajstić information content (AvgIpc) is 0.732. The van der Waals surface area contributed by atoms with Gasteiger partial charge in [0.1, 0.15) is 0 Å². The molecule has 0 radical (unpaired) electrons. The lowest BCUT2D eigenvalue weighted by molar-refractivity contribution is 0.257. The van der Waals surface area contributed by atoms with Gasteiger partial charge in [-0.3, -0.25) is 0 Å². The smallest absolute Gasteiger partial charge is 0.161 e. The Morgan fingerprint density at radius 2 is 0.188 bits per heavy atom. The van der Waals surface area contributed by atoms with Gasteiger partial charge < -0.3 is 56.8 Å². The van der Waals surface area contributed by atoms with Gasteiger partial charge in [0.05, 0.1) is 79.3 Å². The lowest BCUT2D eigenvalue weighted by atomic mass is 9.93. The summed E-state index contributed by atoms with van der Waals surface area (Å²) >= 11 is 0. The molecule has 0 aliphatic carbocycles. The number of hydrogen-bond acceptors (Lipinski definition) is 12. The number of ether oxygens (including phenoxy) is 12. The van der Waals surface area contributed by atoms with Crippen molar-refractivity contribution in [3.05, 3.63) is 72.8 Å². The van der Waals surface area contributed by atoms with Crippen molar-refractivity contribution in [2.75, 3.05) is 79.3 Å². The van der Waals surface area contributed by atoms with Gasteiger partial charge in [0.2, 0.25) is 0 Å².